The summed E-state index contributed by atoms with van der Waals surface area (Å²) in [6, 6.07) is 0.735. The third-order valence-corrected chi connectivity index (χ3v) is 6.58. The molecule has 0 aromatic carbocycles. The first kappa shape index (κ1) is 15.8. The fourth-order valence-corrected chi connectivity index (χ4v) is 5.13. The molecule has 1 aliphatic heterocycles. The maximum absolute atomic E-state index is 3.92. The summed E-state index contributed by atoms with van der Waals surface area (Å²) in [6.45, 7) is 8.75. The summed E-state index contributed by atoms with van der Waals surface area (Å²) >= 11 is 0. The van der Waals surface area contributed by atoms with Crippen molar-refractivity contribution in [2.45, 2.75) is 89.6 Å². The summed E-state index contributed by atoms with van der Waals surface area (Å²) in [6.07, 6.45) is 14.6. The van der Waals surface area contributed by atoms with E-state index in [9.17, 15) is 0 Å². The van der Waals surface area contributed by atoms with Gasteiger partial charge in [-0.05, 0) is 51.0 Å². The van der Waals surface area contributed by atoms with Crippen molar-refractivity contribution in [2.24, 2.45) is 11.8 Å². The summed E-state index contributed by atoms with van der Waals surface area (Å²) < 4.78 is 0. The first-order valence-corrected chi connectivity index (χ1v) is 9.66. The summed E-state index contributed by atoms with van der Waals surface area (Å²) in [5.41, 5.74) is 0.477. The van der Waals surface area contributed by atoms with Crippen molar-refractivity contribution < 1.29 is 0 Å². The molecule has 3 atom stereocenters. The van der Waals surface area contributed by atoms with E-state index in [2.05, 4.69) is 24.1 Å². The Morgan fingerprint density at radius 1 is 1.05 bits per heavy atom. The third-order valence-electron chi connectivity index (χ3n) is 6.58. The van der Waals surface area contributed by atoms with E-state index in [-0.39, 0.29) is 0 Å². The zero-order valence-corrected chi connectivity index (χ0v) is 14.4. The van der Waals surface area contributed by atoms with Gasteiger partial charge < -0.3 is 5.32 Å². The van der Waals surface area contributed by atoms with E-state index in [1.807, 2.05) is 0 Å². The van der Waals surface area contributed by atoms with Gasteiger partial charge in [0.15, 0.2) is 0 Å². The third kappa shape index (κ3) is 4.01. The van der Waals surface area contributed by atoms with Crippen LogP contribution in [0.25, 0.3) is 0 Å². The molecule has 3 fully saturated rings. The maximum atomic E-state index is 3.92. The Balaban J connectivity index is 1.51. The van der Waals surface area contributed by atoms with E-state index in [0.717, 1.165) is 17.9 Å². The molecule has 2 nitrogen and oxygen atoms in total. The SMILES string of the molecule is CC1CCCC(CCN2CC3(CCCCC3)NCC2C)C1. The molecule has 1 saturated heterocycles. The Hall–Kier alpha value is -0.0800. The lowest BCUT2D eigenvalue weighted by Gasteiger charge is -2.49. The molecule has 21 heavy (non-hydrogen) atoms. The van der Waals surface area contributed by atoms with Gasteiger partial charge in [0.1, 0.15) is 0 Å². The Morgan fingerprint density at radius 3 is 2.62 bits per heavy atom. The van der Waals surface area contributed by atoms with E-state index in [1.54, 1.807) is 0 Å². The highest BCUT2D eigenvalue weighted by molar-refractivity contribution is 4.98. The smallest absolute Gasteiger partial charge is 0.0309 e. The normalized spacial score (nSPS) is 37.7. The molecule has 0 aromatic rings. The molecular weight excluding hydrogens is 256 g/mol. The quantitative estimate of drug-likeness (QED) is 0.838. The average Bonchev–Trinajstić information content (AvgIpc) is 2.50. The van der Waals surface area contributed by atoms with E-state index in [1.165, 1.54) is 83.8 Å². The number of hydrogen-bond donors (Lipinski definition) is 1. The molecule has 3 rings (SSSR count). The lowest BCUT2D eigenvalue weighted by Crippen LogP contribution is -2.64. The van der Waals surface area contributed by atoms with Gasteiger partial charge in [0.05, 0.1) is 0 Å². The van der Waals surface area contributed by atoms with Crippen LogP contribution in [0.3, 0.4) is 0 Å². The molecule has 1 N–H and O–H groups in total. The lowest BCUT2D eigenvalue weighted by atomic mass is 9.78. The Labute approximate surface area is 132 Å². The van der Waals surface area contributed by atoms with Gasteiger partial charge in [-0.1, -0.05) is 45.4 Å². The minimum Gasteiger partial charge on any atom is -0.308 e. The van der Waals surface area contributed by atoms with Crippen LogP contribution < -0.4 is 5.32 Å². The standard InChI is InChI=1S/C19H36N2/c1-16-7-6-8-18(13-16)9-12-21-15-19(20-14-17(21)2)10-4-3-5-11-19/h16-18,20H,3-15H2,1-2H3. The van der Waals surface area contributed by atoms with Gasteiger partial charge in [-0.3, -0.25) is 4.90 Å². The number of nitrogens with one attached hydrogen (secondary N) is 1. The zero-order valence-electron chi connectivity index (χ0n) is 14.4. The van der Waals surface area contributed by atoms with Crippen LogP contribution >= 0.6 is 0 Å². The van der Waals surface area contributed by atoms with Gasteiger partial charge in [-0.2, -0.15) is 0 Å². The zero-order chi connectivity index (χ0) is 14.7. The van der Waals surface area contributed by atoms with E-state index in [4.69, 9.17) is 0 Å². The largest absolute Gasteiger partial charge is 0.308 e. The van der Waals surface area contributed by atoms with Crippen LogP contribution in [0.15, 0.2) is 0 Å². The van der Waals surface area contributed by atoms with Crippen LogP contribution in [0, 0.1) is 11.8 Å². The topological polar surface area (TPSA) is 15.3 Å². The van der Waals surface area contributed by atoms with Gasteiger partial charge in [0.2, 0.25) is 0 Å². The van der Waals surface area contributed by atoms with Crippen molar-refractivity contribution in [3.63, 3.8) is 0 Å². The molecule has 3 unspecified atom stereocenters. The molecule has 0 aromatic heterocycles. The molecule has 0 bridgehead atoms. The average molecular weight is 293 g/mol. The summed E-state index contributed by atoms with van der Waals surface area (Å²) in [5, 5.41) is 3.92. The molecule has 2 heteroatoms. The van der Waals surface area contributed by atoms with Gasteiger partial charge in [0.25, 0.3) is 0 Å². The fourth-order valence-electron chi connectivity index (χ4n) is 5.13. The number of piperazine rings is 1. The van der Waals surface area contributed by atoms with Gasteiger partial charge >= 0.3 is 0 Å². The van der Waals surface area contributed by atoms with Crippen molar-refractivity contribution in [2.75, 3.05) is 19.6 Å². The first-order chi connectivity index (χ1) is 10.2. The molecule has 1 spiro atoms. The van der Waals surface area contributed by atoms with Crippen LogP contribution in [0.4, 0.5) is 0 Å². The molecule has 0 amide bonds. The Kier molecular flexibility index (Phi) is 5.27. The highest BCUT2D eigenvalue weighted by Gasteiger charge is 2.38. The summed E-state index contributed by atoms with van der Waals surface area (Å²) in [4.78, 5) is 2.82. The van der Waals surface area contributed by atoms with E-state index < -0.39 is 0 Å². The van der Waals surface area contributed by atoms with Crippen LogP contribution in [0.1, 0.15) is 78.1 Å². The number of nitrogens with zero attached hydrogens (tertiary/aromatic N) is 1. The monoisotopic (exact) mass is 292 g/mol. The van der Waals surface area contributed by atoms with Crippen molar-refractivity contribution in [3.8, 4) is 0 Å². The number of rotatable bonds is 3. The second-order valence-electron chi connectivity index (χ2n) is 8.47. The fraction of sp³-hybridized carbons (Fsp3) is 1.00. The van der Waals surface area contributed by atoms with Crippen molar-refractivity contribution in [1.29, 1.82) is 0 Å². The van der Waals surface area contributed by atoms with E-state index >= 15 is 0 Å². The van der Waals surface area contributed by atoms with Gasteiger partial charge in [-0.15, -0.1) is 0 Å². The van der Waals surface area contributed by atoms with Crippen LogP contribution in [-0.4, -0.2) is 36.1 Å². The molecule has 1 heterocycles. The van der Waals surface area contributed by atoms with Crippen molar-refractivity contribution in [1.82, 2.24) is 10.2 Å². The minimum absolute atomic E-state index is 0.477. The van der Waals surface area contributed by atoms with Crippen LogP contribution in [0.2, 0.25) is 0 Å². The Morgan fingerprint density at radius 2 is 1.86 bits per heavy atom. The summed E-state index contributed by atoms with van der Waals surface area (Å²) in [5.74, 6) is 1.99. The van der Waals surface area contributed by atoms with Crippen molar-refractivity contribution >= 4 is 0 Å². The predicted octanol–water partition coefficient (Wildman–Crippen LogP) is 4.20. The van der Waals surface area contributed by atoms with E-state index in [0.29, 0.717) is 5.54 Å². The number of hydrogen-bond acceptors (Lipinski definition) is 2. The highest BCUT2D eigenvalue weighted by Crippen LogP contribution is 2.34. The second kappa shape index (κ2) is 7.00. The van der Waals surface area contributed by atoms with Crippen molar-refractivity contribution in [3.05, 3.63) is 0 Å². The molecule has 122 valence electrons. The molecule has 2 saturated carbocycles. The highest BCUT2D eigenvalue weighted by atomic mass is 15.2. The predicted molar refractivity (Wildman–Crippen MR) is 90.6 cm³/mol. The molecule has 0 radical (unpaired) electrons. The van der Waals surface area contributed by atoms with Gasteiger partial charge in [0, 0.05) is 24.7 Å². The molecule has 2 aliphatic carbocycles. The van der Waals surface area contributed by atoms with Crippen LogP contribution in [-0.2, 0) is 0 Å². The first-order valence-electron chi connectivity index (χ1n) is 9.66. The lowest BCUT2D eigenvalue weighted by molar-refractivity contribution is 0.0561. The summed E-state index contributed by atoms with van der Waals surface area (Å²) in [7, 11) is 0. The minimum atomic E-state index is 0.477. The maximum Gasteiger partial charge on any atom is 0.0309 e. The molecule has 3 aliphatic rings. The van der Waals surface area contributed by atoms with Crippen LogP contribution in [0.5, 0.6) is 0 Å². The second-order valence-corrected chi connectivity index (χ2v) is 8.47. The molecular formula is C19H36N2. The van der Waals surface area contributed by atoms with Gasteiger partial charge in [-0.25, -0.2) is 0 Å². The Bertz CT molecular complexity index is 322.